The third-order valence-electron chi connectivity index (χ3n) is 5.35. The number of sulfonamides is 1. The lowest BCUT2D eigenvalue weighted by atomic mass is 10.1. The first-order valence-electron chi connectivity index (χ1n) is 10.1. The van der Waals surface area contributed by atoms with Crippen molar-refractivity contribution < 1.29 is 21.6 Å². The predicted octanol–water partition coefficient (Wildman–Crippen LogP) is 4.57. The molecule has 1 aliphatic heterocycles. The zero-order chi connectivity index (χ0) is 22.9. The second kappa shape index (κ2) is 8.84. The van der Waals surface area contributed by atoms with Crippen molar-refractivity contribution in [3.63, 3.8) is 0 Å². The fourth-order valence-corrected chi connectivity index (χ4v) is 5.89. The molecule has 1 saturated heterocycles. The summed E-state index contributed by atoms with van der Waals surface area (Å²) < 4.78 is 65.9. The van der Waals surface area contributed by atoms with Crippen molar-refractivity contribution in [1.82, 2.24) is 9.29 Å². The van der Waals surface area contributed by atoms with Gasteiger partial charge in [-0.25, -0.2) is 13.4 Å². The van der Waals surface area contributed by atoms with Gasteiger partial charge < -0.3 is 4.90 Å². The maximum Gasteiger partial charge on any atom is 0.416 e. The van der Waals surface area contributed by atoms with Crippen LogP contribution in [0, 0.1) is 6.92 Å². The smallest absolute Gasteiger partial charge is 0.345 e. The summed E-state index contributed by atoms with van der Waals surface area (Å²) in [7, 11) is -4.00. The van der Waals surface area contributed by atoms with Crippen molar-refractivity contribution in [3.8, 4) is 0 Å². The monoisotopic (exact) mass is 481 g/mol. The van der Waals surface area contributed by atoms with E-state index in [1.54, 1.807) is 0 Å². The molecule has 5 nitrogen and oxygen atoms in total. The molecule has 0 bridgehead atoms. The molecule has 1 fully saturated rings. The van der Waals surface area contributed by atoms with Gasteiger partial charge >= 0.3 is 6.18 Å². The molecule has 2 heterocycles. The Kier molecular flexibility index (Phi) is 6.28. The predicted molar refractivity (Wildman–Crippen MR) is 119 cm³/mol. The molecule has 3 aromatic rings. The number of nitrogens with zero attached hydrogens (tertiary/aromatic N) is 3. The van der Waals surface area contributed by atoms with Crippen molar-refractivity contribution in [1.29, 1.82) is 0 Å². The standard InChI is InChI=1S/C22H22F3N3O2S2/c1-16-5-7-17(8-6-16)13-19-15-31-21(26-19)27-9-11-28(12-10-27)32(29,30)20-4-2-3-18(14-20)22(23,24)25/h2-8,14-15H,9-13H2,1H3. The molecular weight excluding hydrogens is 459 g/mol. The number of aromatic nitrogens is 1. The summed E-state index contributed by atoms with van der Waals surface area (Å²) in [5.74, 6) is 0. The molecule has 32 heavy (non-hydrogen) atoms. The summed E-state index contributed by atoms with van der Waals surface area (Å²) in [6.07, 6.45) is -3.87. The highest BCUT2D eigenvalue weighted by Crippen LogP contribution is 2.31. The van der Waals surface area contributed by atoms with Crippen LogP contribution in [0.2, 0.25) is 0 Å². The van der Waals surface area contributed by atoms with Crippen LogP contribution in [0.1, 0.15) is 22.4 Å². The van der Waals surface area contributed by atoms with Gasteiger partial charge in [0, 0.05) is 38.0 Å². The molecule has 10 heteroatoms. The number of hydrogen-bond donors (Lipinski definition) is 0. The van der Waals surface area contributed by atoms with Gasteiger partial charge in [0.2, 0.25) is 10.0 Å². The van der Waals surface area contributed by atoms with Crippen LogP contribution < -0.4 is 4.90 Å². The lowest BCUT2D eigenvalue weighted by Crippen LogP contribution is -2.48. The first-order valence-corrected chi connectivity index (χ1v) is 12.4. The molecule has 0 aliphatic carbocycles. The van der Waals surface area contributed by atoms with Crippen LogP contribution in [0.5, 0.6) is 0 Å². The van der Waals surface area contributed by atoms with Gasteiger partial charge in [0.25, 0.3) is 0 Å². The quantitative estimate of drug-likeness (QED) is 0.536. The fraction of sp³-hybridized carbons (Fsp3) is 0.318. The molecule has 0 amide bonds. The maximum atomic E-state index is 13.0. The number of benzene rings is 2. The molecule has 170 valence electrons. The summed E-state index contributed by atoms with van der Waals surface area (Å²) in [5.41, 5.74) is 2.35. The van der Waals surface area contributed by atoms with E-state index in [4.69, 9.17) is 0 Å². The van der Waals surface area contributed by atoms with Crippen molar-refractivity contribution in [2.24, 2.45) is 0 Å². The number of anilines is 1. The van der Waals surface area contributed by atoms with Gasteiger partial charge in [0.05, 0.1) is 16.2 Å². The minimum atomic E-state index is -4.59. The highest BCUT2D eigenvalue weighted by Gasteiger charge is 2.34. The number of piperazine rings is 1. The topological polar surface area (TPSA) is 53.5 Å². The molecule has 1 aliphatic rings. The summed E-state index contributed by atoms with van der Waals surface area (Å²) >= 11 is 1.51. The van der Waals surface area contributed by atoms with Crippen LogP contribution >= 0.6 is 11.3 Å². The molecule has 0 spiro atoms. The Morgan fingerprint density at radius 3 is 2.38 bits per heavy atom. The van der Waals surface area contributed by atoms with Crippen molar-refractivity contribution in [2.45, 2.75) is 24.4 Å². The third kappa shape index (κ3) is 4.97. The van der Waals surface area contributed by atoms with Gasteiger partial charge in [-0.05, 0) is 30.7 Å². The Labute approximate surface area is 189 Å². The minimum Gasteiger partial charge on any atom is -0.345 e. The van der Waals surface area contributed by atoms with Crippen LogP contribution in [0.4, 0.5) is 18.3 Å². The first-order chi connectivity index (χ1) is 15.1. The first kappa shape index (κ1) is 22.8. The number of hydrogen-bond acceptors (Lipinski definition) is 5. The molecule has 1 aromatic heterocycles. The lowest BCUT2D eigenvalue weighted by Gasteiger charge is -2.33. The molecule has 2 aromatic carbocycles. The summed E-state index contributed by atoms with van der Waals surface area (Å²) in [5, 5.41) is 2.82. The summed E-state index contributed by atoms with van der Waals surface area (Å²) in [6, 6.07) is 12.2. The van der Waals surface area contributed by atoms with Crippen molar-refractivity contribution in [2.75, 3.05) is 31.1 Å². The van der Waals surface area contributed by atoms with Crippen LogP contribution in [0.15, 0.2) is 58.8 Å². The second-order valence-electron chi connectivity index (χ2n) is 7.70. The van der Waals surface area contributed by atoms with Gasteiger partial charge in [-0.2, -0.15) is 17.5 Å². The van der Waals surface area contributed by atoms with E-state index in [9.17, 15) is 21.6 Å². The lowest BCUT2D eigenvalue weighted by molar-refractivity contribution is -0.137. The van der Waals surface area contributed by atoms with E-state index >= 15 is 0 Å². The van der Waals surface area contributed by atoms with E-state index < -0.39 is 21.8 Å². The average molecular weight is 482 g/mol. The normalized spacial score (nSPS) is 15.8. The van der Waals surface area contributed by atoms with Gasteiger partial charge in [0.1, 0.15) is 0 Å². The number of halogens is 3. The molecule has 0 unspecified atom stereocenters. The van der Waals surface area contributed by atoms with Crippen LogP contribution in [0.25, 0.3) is 0 Å². The number of alkyl halides is 3. The van der Waals surface area contributed by atoms with Crippen molar-refractivity contribution >= 4 is 26.5 Å². The van der Waals surface area contributed by atoms with E-state index in [0.29, 0.717) is 19.2 Å². The average Bonchev–Trinajstić information content (AvgIpc) is 3.23. The Bertz CT molecular complexity index is 1180. The zero-order valence-electron chi connectivity index (χ0n) is 17.3. The Balaban J connectivity index is 1.41. The highest BCUT2D eigenvalue weighted by molar-refractivity contribution is 7.89. The number of thiazole rings is 1. The Morgan fingerprint density at radius 1 is 1.03 bits per heavy atom. The summed E-state index contributed by atoms with van der Waals surface area (Å²) in [6.45, 7) is 3.26. The van der Waals surface area contributed by atoms with E-state index in [-0.39, 0.29) is 18.0 Å². The van der Waals surface area contributed by atoms with E-state index in [1.807, 2.05) is 17.2 Å². The van der Waals surface area contributed by atoms with Gasteiger partial charge in [-0.3, -0.25) is 0 Å². The second-order valence-corrected chi connectivity index (χ2v) is 10.5. The molecule has 0 saturated carbocycles. The number of rotatable bonds is 5. The molecule has 0 atom stereocenters. The highest BCUT2D eigenvalue weighted by atomic mass is 32.2. The van der Waals surface area contributed by atoms with Crippen LogP contribution in [0.3, 0.4) is 0 Å². The van der Waals surface area contributed by atoms with E-state index in [0.717, 1.165) is 29.4 Å². The summed E-state index contributed by atoms with van der Waals surface area (Å²) in [4.78, 5) is 6.36. The van der Waals surface area contributed by atoms with Crippen LogP contribution in [-0.4, -0.2) is 43.9 Å². The maximum absolute atomic E-state index is 13.0. The Hall–Kier alpha value is -2.43. The Morgan fingerprint density at radius 2 is 1.72 bits per heavy atom. The van der Waals surface area contributed by atoms with Gasteiger partial charge in [-0.15, -0.1) is 11.3 Å². The van der Waals surface area contributed by atoms with Crippen molar-refractivity contribution in [3.05, 3.63) is 76.3 Å². The minimum absolute atomic E-state index is 0.186. The molecule has 4 rings (SSSR count). The van der Waals surface area contributed by atoms with Crippen LogP contribution in [-0.2, 0) is 22.6 Å². The molecular formula is C22H22F3N3O2S2. The molecule has 0 N–H and O–H groups in total. The SMILES string of the molecule is Cc1ccc(Cc2csc(N3CCN(S(=O)(=O)c4cccc(C(F)(F)F)c4)CC3)n2)cc1. The third-order valence-corrected chi connectivity index (χ3v) is 8.20. The number of aryl methyl sites for hydroxylation is 1. The molecule has 0 radical (unpaired) electrons. The zero-order valence-corrected chi connectivity index (χ0v) is 19.0. The van der Waals surface area contributed by atoms with Gasteiger partial charge in [0.15, 0.2) is 5.13 Å². The van der Waals surface area contributed by atoms with E-state index in [1.165, 1.54) is 32.8 Å². The van der Waals surface area contributed by atoms with Gasteiger partial charge in [-0.1, -0.05) is 35.9 Å². The van der Waals surface area contributed by atoms with E-state index in [2.05, 4.69) is 29.2 Å². The fourth-order valence-electron chi connectivity index (χ4n) is 3.54. The largest absolute Gasteiger partial charge is 0.416 e.